The second kappa shape index (κ2) is 4.04. The number of amides is 2. The van der Waals surface area contributed by atoms with Crippen LogP contribution in [-0.2, 0) is 19.4 Å². The third-order valence-corrected chi connectivity index (χ3v) is 5.38. The molecule has 0 unspecified atom stereocenters. The smallest absolute Gasteiger partial charge is 0.238 e. The van der Waals surface area contributed by atoms with Gasteiger partial charge in [-0.25, -0.2) is 8.42 Å². The van der Waals surface area contributed by atoms with Gasteiger partial charge >= 0.3 is 0 Å². The Morgan fingerprint density at radius 2 is 1.62 bits per heavy atom. The van der Waals surface area contributed by atoms with Crippen molar-refractivity contribution in [2.45, 2.75) is 30.4 Å². The van der Waals surface area contributed by atoms with Crippen molar-refractivity contribution in [2.75, 3.05) is 6.26 Å². The zero-order valence-electron chi connectivity index (χ0n) is 9.10. The van der Waals surface area contributed by atoms with E-state index in [-0.39, 0.29) is 18.8 Å². The first-order chi connectivity index (χ1) is 7.21. The Balaban J connectivity index is 2.96. The number of hydrogen-bond donors (Lipinski definition) is 2. The van der Waals surface area contributed by atoms with Gasteiger partial charge in [-0.1, -0.05) is 0 Å². The predicted molar refractivity (Wildman–Crippen MR) is 57.9 cm³/mol. The first kappa shape index (κ1) is 13.0. The molecule has 0 aromatic carbocycles. The molecule has 0 atom stereocenters. The van der Waals surface area contributed by atoms with E-state index >= 15 is 0 Å². The molecule has 0 bridgehead atoms. The highest BCUT2D eigenvalue weighted by molar-refractivity contribution is 7.92. The largest absolute Gasteiger partial charge is 0.369 e. The van der Waals surface area contributed by atoms with Crippen LogP contribution in [-0.4, -0.2) is 31.2 Å². The molecule has 4 N–H and O–H groups in total. The minimum atomic E-state index is -3.56. The number of sulfone groups is 1. The summed E-state index contributed by atoms with van der Waals surface area (Å²) in [6.07, 6.45) is 1.75. The topological polar surface area (TPSA) is 120 Å². The molecule has 0 spiro atoms. The van der Waals surface area contributed by atoms with Crippen LogP contribution in [0.3, 0.4) is 0 Å². The molecule has 0 radical (unpaired) electrons. The molecule has 0 aliphatic heterocycles. The molecular formula is C9H16N2O4S. The highest BCUT2D eigenvalue weighted by atomic mass is 32.2. The van der Waals surface area contributed by atoms with E-state index in [4.69, 9.17) is 11.5 Å². The number of carbonyl (C=O) groups is 2. The van der Waals surface area contributed by atoms with Crippen molar-refractivity contribution in [1.29, 1.82) is 0 Å². The Kier molecular flexibility index (Phi) is 3.27. The lowest BCUT2D eigenvalue weighted by atomic mass is 9.80. The van der Waals surface area contributed by atoms with Gasteiger partial charge in [-0.15, -0.1) is 0 Å². The van der Waals surface area contributed by atoms with Crippen LogP contribution in [0.15, 0.2) is 0 Å². The molecule has 0 aromatic heterocycles. The number of hydrogen-bond acceptors (Lipinski definition) is 4. The summed E-state index contributed by atoms with van der Waals surface area (Å²) in [5.41, 5.74) is 10.3. The van der Waals surface area contributed by atoms with Crippen LogP contribution < -0.4 is 11.5 Å². The predicted octanol–water partition coefficient (Wildman–Crippen LogP) is -1.07. The highest BCUT2D eigenvalue weighted by Crippen LogP contribution is 2.37. The minimum absolute atomic E-state index is 0.0781. The van der Waals surface area contributed by atoms with Crippen molar-refractivity contribution in [2.24, 2.45) is 17.4 Å². The summed E-state index contributed by atoms with van der Waals surface area (Å²) in [6, 6.07) is 0. The van der Waals surface area contributed by atoms with Gasteiger partial charge in [0.15, 0.2) is 9.84 Å². The van der Waals surface area contributed by atoms with E-state index in [1.807, 2.05) is 0 Å². The van der Waals surface area contributed by atoms with E-state index in [0.29, 0.717) is 12.8 Å². The quantitative estimate of drug-likeness (QED) is 0.660. The maximum atomic E-state index is 11.6. The molecule has 0 saturated heterocycles. The van der Waals surface area contributed by atoms with Gasteiger partial charge in [-0.3, -0.25) is 9.59 Å². The average Bonchev–Trinajstić information content (AvgIpc) is 2.15. The third-order valence-electron chi connectivity index (χ3n) is 3.35. The van der Waals surface area contributed by atoms with Gasteiger partial charge in [0.25, 0.3) is 0 Å². The summed E-state index contributed by atoms with van der Waals surface area (Å²) in [5.74, 6) is -1.64. The second-order valence-electron chi connectivity index (χ2n) is 4.31. The molecule has 92 valence electrons. The van der Waals surface area contributed by atoms with E-state index in [2.05, 4.69) is 0 Å². The van der Waals surface area contributed by atoms with Gasteiger partial charge in [-0.2, -0.15) is 0 Å². The first-order valence-corrected chi connectivity index (χ1v) is 6.88. The maximum absolute atomic E-state index is 11.6. The van der Waals surface area contributed by atoms with Crippen LogP contribution in [0.2, 0.25) is 0 Å². The molecule has 1 aliphatic carbocycles. The fourth-order valence-electron chi connectivity index (χ4n) is 2.17. The minimum Gasteiger partial charge on any atom is -0.369 e. The Labute approximate surface area is 94.3 Å². The van der Waals surface area contributed by atoms with Crippen LogP contribution in [0.1, 0.15) is 25.7 Å². The molecule has 1 saturated carbocycles. The fraction of sp³-hybridized carbons (Fsp3) is 0.778. The zero-order chi connectivity index (χ0) is 12.6. The summed E-state index contributed by atoms with van der Waals surface area (Å²) in [7, 11) is -3.56. The van der Waals surface area contributed by atoms with E-state index in [0.717, 1.165) is 6.26 Å². The molecule has 7 heteroatoms. The van der Waals surface area contributed by atoms with Crippen LogP contribution in [0.25, 0.3) is 0 Å². The lowest BCUT2D eigenvalue weighted by molar-refractivity contribution is -0.126. The van der Waals surface area contributed by atoms with Crippen LogP contribution >= 0.6 is 0 Å². The van der Waals surface area contributed by atoms with Crippen molar-refractivity contribution in [3.63, 3.8) is 0 Å². The maximum Gasteiger partial charge on any atom is 0.238 e. The normalized spacial score (nSPS) is 30.9. The lowest BCUT2D eigenvalue weighted by Gasteiger charge is -2.34. The van der Waals surface area contributed by atoms with Gasteiger partial charge in [0, 0.05) is 12.2 Å². The van der Waals surface area contributed by atoms with Gasteiger partial charge < -0.3 is 11.5 Å². The van der Waals surface area contributed by atoms with E-state index in [1.165, 1.54) is 0 Å². The third kappa shape index (κ3) is 2.04. The number of primary amides is 2. The van der Waals surface area contributed by atoms with Crippen molar-refractivity contribution < 1.29 is 18.0 Å². The Morgan fingerprint density at radius 1 is 1.19 bits per heavy atom. The monoisotopic (exact) mass is 248 g/mol. The van der Waals surface area contributed by atoms with Crippen LogP contribution in [0, 0.1) is 5.92 Å². The average molecular weight is 248 g/mol. The van der Waals surface area contributed by atoms with Crippen molar-refractivity contribution in [1.82, 2.24) is 0 Å². The van der Waals surface area contributed by atoms with Gasteiger partial charge in [0.2, 0.25) is 11.8 Å². The SMILES string of the molecule is CS(=O)(=O)C1(C(N)=O)CCC(C(N)=O)CC1. The molecule has 16 heavy (non-hydrogen) atoms. The summed E-state index contributed by atoms with van der Waals surface area (Å²) in [6.45, 7) is 0. The molecule has 1 fully saturated rings. The Hall–Kier alpha value is -1.11. The van der Waals surface area contributed by atoms with E-state index in [1.54, 1.807) is 0 Å². The van der Waals surface area contributed by atoms with Crippen LogP contribution in [0.4, 0.5) is 0 Å². The number of rotatable bonds is 3. The van der Waals surface area contributed by atoms with Gasteiger partial charge in [0.1, 0.15) is 4.75 Å². The summed E-state index contributed by atoms with van der Waals surface area (Å²) in [5, 5.41) is 0. The molecule has 1 aliphatic rings. The Morgan fingerprint density at radius 3 is 1.88 bits per heavy atom. The van der Waals surface area contributed by atoms with Crippen molar-refractivity contribution in [3.05, 3.63) is 0 Å². The Bertz CT molecular complexity index is 407. The number of nitrogens with two attached hydrogens (primary N) is 2. The first-order valence-electron chi connectivity index (χ1n) is 4.99. The summed E-state index contributed by atoms with van der Waals surface area (Å²) in [4.78, 5) is 22.3. The highest BCUT2D eigenvalue weighted by Gasteiger charge is 2.49. The van der Waals surface area contributed by atoms with E-state index < -0.39 is 26.4 Å². The van der Waals surface area contributed by atoms with Crippen molar-refractivity contribution in [3.8, 4) is 0 Å². The molecular weight excluding hydrogens is 232 g/mol. The summed E-state index contributed by atoms with van der Waals surface area (Å²) < 4.78 is 21.7. The molecule has 6 nitrogen and oxygen atoms in total. The van der Waals surface area contributed by atoms with Crippen LogP contribution in [0.5, 0.6) is 0 Å². The van der Waals surface area contributed by atoms with E-state index in [9.17, 15) is 18.0 Å². The molecule has 1 rings (SSSR count). The number of carbonyl (C=O) groups excluding carboxylic acids is 2. The molecule has 0 heterocycles. The molecule has 2 amide bonds. The van der Waals surface area contributed by atoms with Gasteiger partial charge in [-0.05, 0) is 25.7 Å². The van der Waals surface area contributed by atoms with Gasteiger partial charge in [0.05, 0.1) is 0 Å². The molecule has 0 aromatic rings. The fourth-order valence-corrected chi connectivity index (χ4v) is 3.51. The second-order valence-corrected chi connectivity index (χ2v) is 6.63. The zero-order valence-corrected chi connectivity index (χ0v) is 9.92. The summed E-state index contributed by atoms with van der Waals surface area (Å²) >= 11 is 0. The lowest BCUT2D eigenvalue weighted by Crippen LogP contribution is -2.53. The van der Waals surface area contributed by atoms with Crippen molar-refractivity contribution >= 4 is 21.7 Å². The standard InChI is InChI=1S/C9H16N2O4S/c1-16(14,15)9(8(11)13)4-2-6(3-5-9)7(10)12/h6H,2-5H2,1H3,(H2,10,12)(H2,11,13).